The number of benzene rings is 2. The molecule has 2 aromatic carbocycles. The lowest BCUT2D eigenvalue weighted by Crippen LogP contribution is -2.44. The van der Waals surface area contributed by atoms with Gasteiger partial charge < -0.3 is 14.8 Å². The highest BCUT2D eigenvalue weighted by Gasteiger charge is 2.23. The van der Waals surface area contributed by atoms with Gasteiger partial charge in [0.25, 0.3) is 5.69 Å². The van der Waals surface area contributed by atoms with Crippen LogP contribution in [0.4, 0.5) is 11.4 Å². The first-order chi connectivity index (χ1) is 13.6. The zero-order valence-corrected chi connectivity index (χ0v) is 15.7. The van der Waals surface area contributed by atoms with Crippen molar-refractivity contribution >= 4 is 17.3 Å². The van der Waals surface area contributed by atoms with E-state index in [0.717, 1.165) is 19.6 Å². The molecular formula is C20H23N3O5. The summed E-state index contributed by atoms with van der Waals surface area (Å²) in [5.41, 5.74) is 1.51. The molecule has 0 aliphatic carbocycles. The fourth-order valence-corrected chi connectivity index (χ4v) is 3.20. The number of methoxy groups -OCH3 is 1. The van der Waals surface area contributed by atoms with E-state index in [2.05, 4.69) is 27.1 Å². The fourth-order valence-electron chi connectivity index (χ4n) is 3.20. The summed E-state index contributed by atoms with van der Waals surface area (Å²) in [6, 6.07) is 14.6. The third-order valence-electron chi connectivity index (χ3n) is 4.60. The van der Waals surface area contributed by atoms with E-state index in [0.29, 0.717) is 18.8 Å². The molecule has 1 atom stereocenters. The maximum Gasteiger partial charge on any atom is 0.344 e. The molecule has 0 spiro atoms. The molecule has 0 aromatic heterocycles. The van der Waals surface area contributed by atoms with E-state index in [1.54, 1.807) is 6.07 Å². The molecule has 148 valence electrons. The van der Waals surface area contributed by atoms with Gasteiger partial charge in [-0.1, -0.05) is 30.3 Å². The van der Waals surface area contributed by atoms with Crippen LogP contribution in [0.25, 0.3) is 0 Å². The second-order valence-electron chi connectivity index (χ2n) is 6.58. The minimum Gasteiger partial charge on any atom is -0.465 e. The Morgan fingerprint density at radius 1 is 1.32 bits per heavy atom. The van der Waals surface area contributed by atoms with Gasteiger partial charge in [0, 0.05) is 37.9 Å². The van der Waals surface area contributed by atoms with Crippen molar-refractivity contribution in [3.63, 3.8) is 0 Å². The summed E-state index contributed by atoms with van der Waals surface area (Å²) in [6.07, 6.45) is -0.0192. The number of carbonyl (C=O) groups is 1. The first kappa shape index (κ1) is 19.8. The van der Waals surface area contributed by atoms with Gasteiger partial charge in [-0.2, -0.15) is 0 Å². The highest BCUT2D eigenvalue weighted by atomic mass is 16.6. The molecule has 1 aliphatic rings. The van der Waals surface area contributed by atoms with Crippen LogP contribution in [0.3, 0.4) is 0 Å². The number of esters is 1. The number of anilines is 1. The zero-order chi connectivity index (χ0) is 19.9. The Labute approximate surface area is 163 Å². The number of hydrogen-bond donors (Lipinski definition) is 1. The number of rotatable bonds is 7. The molecule has 1 fully saturated rings. The molecule has 28 heavy (non-hydrogen) atoms. The quantitative estimate of drug-likeness (QED) is 0.445. The average molecular weight is 385 g/mol. The minimum atomic E-state index is -0.738. The van der Waals surface area contributed by atoms with E-state index >= 15 is 0 Å². The van der Waals surface area contributed by atoms with E-state index in [1.165, 1.54) is 24.8 Å². The fraction of sp³-hybridized carbons (Fsp3) is 0.350. The van der Waals surface area contributed by atoms with Crippen LogP contribution in [-0.4, -0.2) is 55.2 Å². The van der Waals surface area contributed by atoms with Gasteiger partial charge in [-0.15, -0.1) is 0 Å². The normalized spacial score (nSPS) is 17.1. The minimum absolute atomic E-state index is 0.0192. The maximum atomic E-state index is 11.8. The molecule has 3 rings (SSSR count). The van der Waals surface area contributed by atoms with Crippen LogP contribution >= 0.6 is 0 Å². The number of nitrogens with one attached hydrogen (secondary N) is 1. The first-order valence-corrected chi connectivity index (χ1v) is 9.05. The number of nitro groups is 1. The number of carbonyl (C=O) groups excluding carboxylic acids is 1. The molecule has 0 bridgehead atoms. The lowest BCUT2D eigenvalue weighted by atomic mass is 10.1. The van der Waals surface area contributed by atoms with E-state index in [1.807, 2.05) is 18.2 Å². The van der Waals surface area contributed by atoms with Crippen molar-refractivity contribution < 1.29 is 19.2 Å². The van der Waals surface area contributed by atoms with Crippen molar-refractivity contribution in [3.8, 4) is 0 Å². The van der Waals surface area contributed by atoms with Gasteiger partial charge in [0.1, 0.15) is 5.56 Å². The average Bonchev–Trinajstić information content (AvgIpc) is 2.72. The van der Waals surface area contributed by atoms with E-state index < -0.39 is 10.9 Å². The topological polar surface area (TPSA) is 93.9 Å². The van der Waals surface area contributed by atoms with Crippen molar-refractivity contribution in [1.29, 1.82) is 0 Å². The van der Waals surface area contributed by atoms with Gasteiger partial charge in [-0.25, -0.2) is 4.79 Å². The number of hydrogen-bond acceptors (Lipinski definition) is 7. The summed E-state index contributed by atoms with van der Waals surface area (Å²) in [7, 11) is 1.20. The van der Waals surface area contributed by atoms with Gasteiger partial charge in [0.15, 0.2) is 0 Å². The Morgan fingerprint density at radius 3 is 2.82 bits per heavy atom. The second kappa shape index (κ2) is 9.29. The molecule has 1 heterocycles. The summed E-state index contributed by atoms with van der Waals surface area (Å²) in [4.78, 5) is 24.7. The van der Waals surface area contributed by atoms with Crippen LogP contribution in [0.2, 0.25) is 0 Å². The van der Waals surface area contributed by atoms with E-state index in [-0.39, 0.29) is 17.4 Å². The summed E-state index contributed by atoms with van der Waals surface area (Å²) in [5, 5.41) is 14.3. The van der Waals surface area contributed by atoms with Crippen LogP contribution in [0, 0.1) is 10.1 Å². The van der Waals surface area contributed by atoms with Crippen LogP contribution < -0.4 is 5.32 Å². The number of ether oxygens (including phenoxy) is 2. The summed E-state index contributed by atoms with van der Waals surface area (Å²) in [6.45, 7) is 3.69. The van der Waals surface area contributed by atoms with Gasteiger partial charge in [0.2, 0.25) is 0 Å². The smallest absolute Gasteiger partial charge is 0.344 e. The highest BCUT2D eigenvalue weighted by molar-refractivity contribution is 5.95. The highest BCUT2D eigenvalue weighted by Crippen LogP contribution is 2.23. The lowest BCUT2D eigenvalue weighted by molar-refractivity contribution is -0.385. The Balaban J connectivity index is 1.60. The van der Waals surface area contributed by atoms with Gasteiger partial charge >= 0.3 is 5.97 Å². The molecule has 1 aliphatic heterocycles. The Hall–Kier alpha value is -2.97. The molecular weight excluding hydrogens is 362 g/mol. The van der Waals surface area contributed by atoms with Gasteiger partial charge in [0.05, 0.1) is 24.7 Å². The summed E-state index contributed by atoms with van der Waals surface area (Å²) in [5.74, 6) is -0.738. The summed E-state index contributed by atoms with van der Waals surface area (Å²) >= 11 is 0. The van der Waals surface area contributed by atoms with Crippen LogP contribution in [-0.2, 0) is 16.0 Å². The zero-order valence-electron chi connectivity index (χ0n) is 15.7. The van der Waals surface area contributed by atoms with Crippen LogP contribution in [0.1, 0.15) is 15.9 Å². The van der Waals surface area contributed by atoms with Gasteiger partial charge in [-0.3, -0.25) is 15.0 Å². The largest absolute Gasteiger partial charge is 0.465 e. The first-order valence-electron chi connectivity index (χ1n) is 9.05. The number of nitrogens with zero attached hydrogens (tertiary/aromatic N) is 2. The third-order valence-corrected chi connectivity index (χ3v) is 4.60. The Bertz CT molecular complexity index is 828. The molecule has 0 amide bonds. The van der Waals surface area contributed by atoms with Crippen LogP contribution in [0.15, 0.2) is 48.5 Å². The summed E-state index contributed by atoms with van der Waals surface area (Å²) < 4.78 is 10.5. The molecule has 8 nitrogen and oxygen atoms in total. The monoisotopic (exact) mass is 385 g/mol. The molecule has 1 saturated heterocycles. The third kappa shape index (κ3) is 5.05. The molecule has 1 unspecified atom stereocenters. The Morgan fingerprint density at radius 2 is 2.11 bits per heavy atom. The SMILES string of the molecule is COC(=O)c1cc(NCC2CN(Cc3ccccc3)CCO2)ccc1[N+](=O)[O-]. The predicted octanol–water partition coefficient (Wildman–Crippen LogP) is 2.69. The van der Waals surface area contributed by atoms with Crippen molar-refractivity contribution in [2.75, 3.05) is 38.7 Å². The van der Waals surface area contributed by atoms with Crippen molar-refractivity contribution in [3.05, 3.63) is 69.8 Å². The molecule has 2 aromatic rings. The molecule has 8 heteroatoms. The molecule has 0 radical (unpaired) electrons. The van der Waals surface area contributed by atoms with Crippen molar-refractivity contribution in [2.24, 2.45) is 0 Å². The molecule has 0 saturated carbocycles. The van der Waals surface area contributed by atoms with E-state index in [4.69, 9.17) is 4.74 Å². The van der Waals surface area contributed by atoms with Gasteiger partial charge in [-0.05, 0) is 17.7 Å². The standard InChI is InChI=1S/C20H23N3O5/c1-27-20(24)18-11-16(7-8-19(18)23(25)26)21-12-17-14-22(9-10-28-17)13-15-5-3-2-4-6-15/h2-8,11,17,21H,9-10,12-14H2,1H3. The van der Waals surface area contributed by atoms with E-state index in [9.17, 15) is 14.9 Å². The predicted molar refractivity (Wildman–Crippen MR) is 104 cm³/mol. The second-order valence-corrected chi connectivity index (χ2v) is 6.58. The maximum absolute atomic E-state index is 11.8. The van der Waals surface area contributed by atoms with Crippen molar-refractivity contribution in [2.45, 2.75) is 12.6 Å². The number of nitro benzene ring substituents is 1. The Kier molecular flexibility index (Phi) is 6.57. The lowest BCUT2D eigenvalue weighted by Gasteiger charge is -2.33. The number of morpholine rings is 1. The molecule has 1 N–H and O–H groups in total. The van der Waals surface area contributed by atoms with Crippen molar-refractivity contribution in [1.82, 2.24) is 4.90 Å². The van der Waals surface area contributed by atoms with Crippen LogP contribution in [0.5, 0.6) is 0 Å².